The number of methoxy groups -OCH3 is 2. The number of rotatable bonds is 5. The lowest BCUT2D eigenvalue weighted by Gasteiger charge is -2.27. The number of nitrogens with zero attached hydrogens (tertiary/aromatic N) is 3. The van der Waals surface area contributed by atoms with Crippen LogP contribution in [0.4, 0.5) is 0 Å². The van der Waals surface area contributed by atoms with Crippen LogP contribution >= 0.6 is 11.3 Å². The van der Waals surface area contributed by atoms with Crippen molar-refractivity contribution in [1.82, 2.24) is 14.5 Å². The van der Waals surface area contributed by atoms with Gasteiger partial charge in [0, 0.05) is 17.0 Å². The molecular weight excluding hydrogens is 438 g/mol. The van der Waals surface area contributed by atoms with Gasteiger partial charge in [0.2, 0.25) is 5.91 Å². The minimum atomic E-state index is -0.104. The summed E-state index contributed by atoms with van der Waals surface area (Å²) in [6, 6.07) is 5.57. The van der Waals surface area contributed by atoms with E-state index < -0.39 is 0 Å². The fourth-order valence-electron chi connectivity index (χ4n) is 5.20. The van der Waals surface area contributed by atoms with Gasteiger partial charge >= 0.3 is 0 Å². The Balaban J connectivity index is 1.44. The quantitative estimate of drug-likeness (QED) is 0.528. The zero-order valence-electron chi connectivity index (χ0n) is 19.1. The average molecular weight is 468 g/mol. The largest absolute Gasteiger partial charge is 0.497 e. The van der Waals surface area contributed by atoms with Gasteiger partial charge in [-0.05, 0) is 62.3 Å². The van der Waals surface area contributed by atoms with Crippen molar-refractivity contribution in [3.63, 3.8) is 0 Å². The van der Waals surface area contributed by atoms with E-state index in [0.717, 1.165) is 71.4 Å². The van der Waals surface area contributed by atoms with Gasteiger partial charge in [0.15, 0.2) is 0 Å². The van der Waals surface area contributed by atoms with Crippen LogP contribution in [0.2, 0.25) is 0 Å². The molecule has 5 rings (SSSR count). The molecule has 0 spiro atoms. The Morgan fingerprint density at radius 1 is 1.15 bits per heavy atom. The molecule has 8 heteroatoms. The van der Waals surface area contributed by atoms with Gasteiger partial charge in [0.1, 0.15) is 22.9 Å². The second-order valence-corrected chi connectivity index (χ2v) is 9.86. The number of hydrogen-bond acceptors (Lipinski definition) is 6. The first-order chi connectivity index (χ1) is 16.1. The molecule has 1 aliphatic carbocycles. The molecule has 0 radical (unpaired) electrons. The first-order valence-electron chi connectivity index (χ1n) is 11.6. The van der Waals surface area contributed by atoms with Crippen molar-refractivity contribution < 1.29 is 14.3 Å². The van der Waals surface area contributed by atoms with Gasteiger partial charge in [-0.25, -0.2) is 4.98 Å². The summed E-state index contributed by atoms with van der Waals surface area (Å²) in [5.74, 6) is 1.39. The minimum Gasteiger partial charge on any atom is -0.497 e. The summed E-state index contributed by atoms with van der Waals surface area (Å²) >= 11 is 1.64. The number of benzene rings is 1. The van der Waals surface area contributed by atoms with Crippen LogP contribution in [-0.4, -0.2) is 41.1 Å². The molecule has 0 N–H and O–H groups in total. The summed E-state index contributed by atoms with van der Waals surface area (Å²) in [6.45, 7) is 0.650. The molecule has 0 bridgehead atoms. The Morgan fingerprint density at radius 3 is 2.82 bits per heavy atom. The van der Waals surface area contributed by atoms with Crippen molar-refractivity contribution in [2.45, 2.75) is 57.5 Å². The second-order valence-electron chi connectivity index (χ2n) is 8.78. The molecule has 3 heterocycles. The third-order valence-electron chi connectivity index (χ3n) is 6.87. The number of hydrogen-bond donors (Lipinski definition) is 0. The summed E-state index contributed by atoms with van der Waals surface area (Å²) in [7, 11) is 3.26. The average Bonchev–Trinajstić information content (AvgIpc) is 3.39. The minimum absolute atomic E-state index is 0.00478. The molecule has 3 aromatic rings. The molecule has 1 aromatic carbocycles. The normalized spacial score (nSPS) is 18.2. The molecule has 1 fully saturated rings. The number of aromatic nitrogens is 2. The van der Waals surface area contributed by atoms with Crippen LogP contribution in [-0.2, 0) is 24.2 Å². The van der Waals surface area contributed by atoms with Crippen molar-refractivity contribution in [2.24, 2.45) is 0 Å². The van der Waals surface area contributed by atoms with Crippen molar-refractivity contribution in [3.05, 3.63) is 50.9 Å². The van der Waals surface area contributed by atoms with Crippen molar-refractivity contribution in [1.29, 1.82) is 0 Å². The maximum atomic E-state index is 13.4. The molecule has 1 atom stereocenters. The summed E-state index contributed by atoms with van der Waals surface area (Å²) in [6.07, 6.45) is 8.69. The van der Waals surface area contributed by atoms with E-state index in [0.29, 0.717) is 6.54 Å². The van der Waals surface area contributed by atoms with Crippen LogP contribution in [0, 0.1) is 0 Å². The van der Waals surface area contributed by atoms with E-state index >= 15 is 0 Å². The predicted molar refractivity (Wildman–Crippen MR) is 128 cm³/mol. The highest BCUT2D eigenvalue weighted by molar-refractivity contribution is 7.18. The third kappa shape index (κ3) is 4.01. The molecule has 1 unspecified atom stereocenters. The fourth-order valence-corrected chi connectivity index (χ4v) is 6.41. The van der Waals surface area contributed by atoms with Gasteiger partial charge in [-0.1, -0.05) is 6.42 Å². The van der Waals surface area contributed by atoms with Gasteiger partial charge in [0.05, 0.1) is 32.0 Å². The van der Waals surface area contributed by atoms with E-state index in [1.54, 1.807) is 25.6 Å². The zero-order chi connectivity index (χ0) is 22.9. The number of likely N-dealkylation sites (tertiary alicyclic amines) is 1. The Labute approximate surface area is 197 Å². The summed E-state index contributed by atoms with van der Waals surface area (Å²) in [5, 5.41) is 0.722. The summed E-state index contributed by atoms with van der Waals surface area (Å²) in [5.41, 5.74) is 2.00. The van der Waals surface area contributed by atoms with E-state index in [2.05, 4.69) is 4.98 Å². The number of carbonyl (C=O) groups excluding carboxylic acids is 1. The Hall–Kier alpha value is -2.87. The summed E-state index contributed by atoms with van der Waals surface area (Å²) in [4.78, 5) is 35.3. The highest BCUT2D eigenvalue weighted by Crippen LogP contribution is 2.39. The van der Waals surface area contributed by atoms with Crippen molar-refractivity contribution in [3.8, 4) is 11.5 Å². The SMILES string of the molecule is COc1ccc(OC)c(C2CCCN2C(=O)Cn2cnc3sc4c(c3c2=O)CCCCC4)c1. The molecule has 174 valence electrons. The number of amides is 1. The van der Waals surface area contributed by atoms with Gasteiger partial charge in [0.25, 0.3) is 5.56 Å². The van der Waals surface area contributed by atoms with Crippen LogP contribution in [0.25, 0.3) is 10.2 Å². The lowest BCUT2D eigenvalue weighted by molar-refractivity contribution is -0.132. The van der Waals surface area contributed by atoms with Gasteiger partial charge in [-0.15, -0.1) is 11.3 Å². The van der Waals surface area contributed by atoms with Crippen LogP contribution in [0.3, 0.4) is 0 Å². The zero-order valence-corrected chi connectivity index (χ0v) is 20.0. The number of ether oxygens (including phenoxy) is 2. The highest BCUT2D eigenvalue weighted by Gasteiger charge is 2.32. The van der Waals surface area contributed by atoms with E-state index in [-0.39, 0.29) is 24.1 Å². The Morgan fingerprint density at radius 2 is 2.00 bits per heavy atom. The maximum Gasteiger partial charge on any atom is 0.262 e. The van der Waals surface area contributed by atoms with Gasteiger partial charge < -0.3 is 14.4 Å². The first-order valence-corrected chi connectivity index (χ1v) is 12.4. The molecule has 7 nitrogen and oxygen atoms in total. The van der Waals surface area contributed by atoms with Crippen LogP contribution in [0.1, 0.15) is 54.1 Å². The molecule has 1 amide bonds. The molecule has 33 heavy (non-hydrogen) atoms. The monoisotopic (exact) mass is 467 g/mol. The smallest absolute Gasteiger partial charge is 0.262 e. The van der Waals surface area contributed by atoms with E-state index in [1.807, 2.05) is 23.1 Å². The summed E-state index contributed by atoms with van der Waals surface area (Å²) < 4.78 is 12.5. The van der Waals surface area contributed by atoms with E-state index in [9.17, 15) is 9.59 Å². The lowest BCUT2D eigenvalue weighted by atomic mass is 10.0. The second kappa shape index (κ2) is 9.17. The number of thiophene rings is 1. The molecular formula is C25H29N3O4S. The van der Waals surface area contributed by atoms with Crippen LogP contribution < -0.4 is 15.0 Å². The maximum absolute atomic E-state index is 13.4. The molecule has 2 aromatic heterocycles. The van der Waals surface area contributed by atoms with Crippen molar-refractivity contribution >= 4 is 27.5 Å². The Kier molecular flexibility index (Phi) is 6.10. The standard InChI is InChI=1S/C25H29N3O4S/c1-31-16-10-11-20(32-2)18(13-16)19-8-6-12-28(19)22(29)14-27-15-26-24-23(25(27)30)17-7-4-3-5-9-21(17)33-24/h10-11,13,15,19H,3-9,12,14H2,1-2H3. The number of carbonyl (C=O) groups is 1. The van der Waals surface area contributed by atoms with E-state index in [4.69, 9.17) is 9.47 Å². The highest BCUT2D eigenvalue weighted by atomic mass is 32.1. The third-order valence-corrected chi connectivity index (χ3v) is 8.07. The van der Waals surface area contributed by atoms with Gasteiger partial charge in [-0.2, -0.15) is 0 Å². The van der Waals surface area contributed by atoms with E-state index in [1.165, 1.54) is 22.2 Å². The van der Waals surface area contributed by atoms with Crippen LogP contribution in [0.15, 0.2) is 29.3 Å². The molecule has 1 saturated heterocycles. The lowest BCUT2D eigenvalue weighted by Crippen LogP contribution is -2.36. The molecule has 0 saturated carbocycles. The topological polar surface area (TPSA) is 73.7 Å². The fraction of sp³-hybridized carbons (Fsp3) is 0.480. The molecule has 2 aliphatic rings. The molecule has 1 aliphatic heterocycles. The van der Waals surface area contributed by atoms with Crippen molar-refractivity contribution in [2.75, 3.05) is 20.8 Å². The first kappa shape index (κ1) is 21.9. The van der Waals surface area contributed by atoms with Crippen LogP contribution in [0.5, 0.6) is 11.5 Å². The number of aryl methyl sites for hydroxylation is 2. The Bertz CT molecular complexity index is 1250. The number of fused-ring (bicyclic) bond motifs is 3. The van der Waals surface area contributed by atoms with Gasteiger partial charge in [-0.3, -0.25) is 14.2 Å². The predicted octanol–water partition coefficient (Wildman–Crippen LogP) is 4.11.